The van der Waals surface area contributed by atoms with Crippen molar-refractivity contribution in [2.75, 3.05) is 12.4 Å². The van der Waals surface area contributed by atoms with Crippen molar-refractivity contribution in [3.05, 3.63) is 80.7 Å². The average molecular weight is 497 g/mol. The quantitative estimate of drug-likeness (QED) is 0.298. The van der Waals surface area contributed by atoms with Gasteiger partial charge in [-0.2, -0.15) is 5.26 Å². The molecule has 0 saturated heterocycles. The van der Waals surface area contributed by atoms with Crippen molar-refractivity contribution in [2.45, 2.75) is 13.8 Å². The summed E-state index contributed by atoms with van der Waals surface area (Å²) >= 11 is 2.28. The number of carbonyl (C=O) groups excluding carboxylic acids is 1. The van der Waals surface area contributed by atoms with Crippen molar-refractivity contribution in [1.29, 1.82) is 5.26 Å². The molecular formula is C23H20IN3O2. The van der Waals surface area contributed by atoms with Gasteiger partial charge in [0.15, 0.2) is 0 Å². The molecule has 1 amide bonds. The Hall–Kier alpha value is -3.05. The Balaban J connectivity index is 1.90. The van der Waals surface area contributed by atoms with Gasteiger partial charge in [0.25, 0.3) is 5.91 Å². The van der Waals surface area contributed by atoms with Crippen LogP contribution >= 0.6 is 22.6 Å². The van der Waals surface area contributed by atoms with Crippen LogP contribution in [-0.4, -0.2) is 17.6 Å². The van der Waals surface area contributed by atoms with Crippen LogP contribution in [0.1, 0.15) is 17.0 Å². The van der Waals surface area contributed by atoms with Gasteiger partial charge in [0.1, 0.15) is 17.4 Å². The van der Waals surface area contributed by atoms with Crippen LogP contribution in [-0.2, 0) is 4.79 Å². The second-order valence-electron chi connectivity index (χ2n) is 6.49. The fourth-order valence-electron chi connectivity index (χ4n) is 3.12. The van der Waals surface area contributed by atoms with E-state index in [9.17, 15) is 10.1 Å². The van der Waals surface area contributed by atoms with Crippen molar-refractivity contribution in [1.82, 2.24) is 4.57 Å². The molecular weight excluding hydrogens is 477 g/mol. The summed E-state index contributed by atoms with van der Waals surface area (Å²) in [6, 6.07) is 19.1. The molecule has 2 aromatic carbocycles. The van der Waals surface area contributed by atoms with Gasteiger partial charge < -0.3 is 14.6 Å². The fraction of sp³-hybridized carbons (Fsp3) is 0.130. The highest BCUT2D eigenvalue weighted by atomic mass is 127. The van der Waals surface area contributed by atoms with E-state index < -0.39 is 5.91 Å². The number of aromatic nitrogens is 1. The Kier molecular flexibility index (Phi) is 6.39. The Morgan fingerprint density at radius 2 is 1.90 bits per heavy atom. The van der Waals surface area contributed by atoms with Gasteiger partial charge in [-0.3, -0.25) is 4.79 Å². The Labute approximate surface area is 183 Å². The summed E-state index contributed by atoms with van der Waals surface area (Å²) in [4.78, 5) is 12.6. The molecule has 0 fully saturated rings. The smallest absolute Gasteiger partial charge is 0.266 e. The van der Waals surface area contributed by atoms with Gasteiger partial charge >= 0.3 is 0 Å². The molecule has 29 heavy (non-hydrogen) atoms. The number of hydrogen-bond acceptors (Lipinski definition) is 3. The first kappa shape index (κ1) is 20.7. The molecule has 0 aliphatic heterocycles. The minimum absolute atomic E-state index is 0.0451. The molecule has 0 bridgehead atoms. The molecule has 0 radical (unpaired) electrons. The summed E-state index contributed by atoms with van der Waals surface area (Å²) in [6.07, 6.45) is 1.63. The first-order valence-electron chi connectivity index (χ1n) is 8.95. The summed E-state index contributed by atoms with van der Waals surface area (Å²) < 4.78 is 8.37. The Bertz CT molecular complexity index is 1120. The highest BCUT2D eigenvalue weighted by molar-refractivity contribution is 14.1. The largest absolute Gasteiger partial charge is 0.497 e. The number of anilines is 1. The third-order valence-corrected chi connectivity index (χ3v) is 5.22. The van der Waals surface area contributed by atoms with Crippen molar-refractivity contribution in [3.63, 3.8) is 0 Å². The molecule has 1 aromatic heterocycles. The third kappa shape index (κ3) is 4.69. The zero-order chi connectivity index (χ0) is 21.0. The van der Waals surface area contributed by atoms with E-state index in [0.29, 0.717) is 11.4 Å². The number of methoxy groups -OCH3 is 1. The lowest BCUT2D eigenvalue weighted by Crippen LogP contribution is -2.13. The maximum Gasteiger partial charge on any atom is 0.266 e. The number of hydrogen-bond donors (Lipinski definition) is 1. The standard InChI is InChI=1S/C23H20IN3O2/c1-15-11-17(16(2)27(15)21-6-4-5-19(24)13-21)12-18(14-25)23(28)26-20-7-9-22(29-3)10-8-20/h4-13H,1-3H3,(H,26,28). The Morgan fingerprint density at radius 1 is 1.17 bits per heavy atom. The van der Waals surface area contributed by atoms with Gasteiger partial charge in [-0.25, -0.2) is 0 Å². The van der Waals surface area contributed by atoms with Crippen molar-refractivity contribution in [2.24, 2.45) is 0 Å². The van der Waals surface area contributed by atoms with E-state index in [2.05, 4.69) is 38.5 Å². The molecule has 5 nitrogen and oxygen atoms in total. The van der Waals surface area contributed by atoms with E-state index in [-0.39, 0.29) is 5.57 Å². The number of aryl methyl sites for hydroxylation is 1. The third-order valence-electron chi connectivity index (χ3n) is 4.55. The van der Waals surface area contributed by atoms with Crippen LogP contribution in [0.3, 0.4) is 0 Å². The highest BCUT2D eigenvalue weighted by Crippen LogP contribution is 2.24. The van der Waals surface area contributed by atoms with Crippen LogP contribution in [0.25, 0.3) is 11.8 Å². The average Bonchev–Trinajstić information content (AvgIpc) is 2.99. The van der Waals surface area contributed by atoms with E-state index >= 15 is 0 Å². The summed E-state index contributed by atoms with van der Waals surface area (Å²) in [5.41, 5.74) is 4.53. The zero-order valence-electron chi connectivity index (χ0n) is 16.4. The molecule has 1 heterocycles. The number of nitrogens with one attached hydrogen (secondary N) is 1. The van der Waals surface area contributed by atoms with Gasteiger partial charge in [0.2, 0.25) is 0 Å². The highest BCUT2D eigenvalue weighted by Gasteiger charge is 2.14. The van der Waals surface area contributed by atoms with Gasteiger partial charge in [-0.15, -0.1) is 0 Å². The van der Waals surface area contributed by atoms with Crippen molar-refractivity contribution >= 4 is 40.3 Å². The molecule has 0 saturated carbocycles. The maximum absolute atomic E-state index is 12.6. The van der Waals surface area contributed by atoms with Crippen LogP contribution in [0.15, 0.2) is 60.2 Å². The van der Waals surface area contributed by atoms with Crippen LogP contribution in [0.4, 0.5) is 5.69 Å². The lowest BCUT2D eigenvalue weighted by molar-refractivity contribution is -0.112. The minimum atomic E-state index is -0.447. The van der Waals surface area contributed by atoms with Gasteiger partial charge in [-0.05, 0) is 96.6 Å². The first-order chi connectivity index (χ1) is 13.9. The van der Waals surface area contributed by atoms with Gasteiger partial charge in [0, 0.05) is 26.3 Å². The van der Waals surface area contributed by atoms with E-state index in [4.69, 9.17) is 4.74 Å². The summed E-state index contributed by atoms with van der Waals surface area (Å²) in [5, 5.41) is 12.3. The molecule has 3 rings (SSSR count). The number of nitrogens with zero attached hydrogens (tertiary/aromatic N) is 2. The number of halogens is 1. The van der Waals surface area contributed by atoms with Crippen LogP contribution < -0.4 is 10.1 Å². The predicted octanol–water partition coefficient (Wildman–Crippen LogP) is 5.25. The lowest BCUT2D eigenvalue weighted by Gasteiger charge is -2.10. The Morgan fingerprint density at radius 3 is 2.52 bits per heavy atom. The summed E-state index contributed by atoms with van der Waals surface area (Å²) in [7, 11) is 1.58. The molecule has 146 valence electrons. The normalized spacial score (nSPS) is 11.1. The number of benzene rings is 2. The molecule has 0 spiro atoms. The van der Waals surface area contributed by atoms with Gasteiger partial charge in [0.05, 0.1) is 7.11 Å². The second kappa shape index (κ2) is 8.97. The van der Waals surface area contributed by atoms with E-state index in [1.165, 1.54) is 0 Å². The van der Waals surface area contributed by atoms with Crippen LogP contribution in [0.5, 0.6) is 5.75 Å². The number of rotatable bonds is 5. The SMILES string of the molecule is COc1ccc(NC(=O)C(C#N)=Cc2cc(C)n(-c3cccc(I)c3)c2C)cc1. The fourth-order valence-corrected chi connectivity index (χ4v) is 3.65. The monoisotopic (exact) mass is 497 g/mol. The molecule has 0 atom stereocenters. The van der Waals surface area contributed by atoms with Crippen molar-refractivity contribution < 1.29 is 9.53 Å². The summed E-state index contributed by atoms with van der Waals surface area (Å²) in [5.74, 6) is 0.249. The molecule has 0 unspecified atom stereocenters. The number of ether oxygens (including phenoxy) is 1. The molecule has 1 N–H and O–H groups in total. The molecule has 0 aliphatic carbocycles. The molecule has 6 heteroatoms. The van der Waals surface area contributed by atoms with Crippen LogP contribution in [0.2, 0.25) is 0 Å². The van der Waals surface area contributed by atoms with E-state index in [0.717, 1.165) is 26.2 Å². The lowest BCUT2D eigenvalue weighted by atomic mass is 10.1. The molecule has 3 aromatic rings. The predicted molar refractivity (Wildman–Crippen MR) is 123 cm³/mol. The topological polar surface area (TPSA) is 67.0 Å². The summed E-state index contributed by atoms with van der Waals surface area (Å²) in [6.45, 7) is 3.99. The number of nitriles is 1. The number of carbonyl (C=O) groups is 1. The van der Waals surface area contributed by atoms with E-state index in [1.54, 1.807) is 37.5 Å². The minimum Gasteiger partial charge on any atom is -0.497 e. The molecule has 0 aliphatic rings. The maximum atomic E-state index is 12.6. The number of amides is 1. The zero-order valence-corrected chi connectivity index (χ0v) is 18.5. The van der Waals surface area contributed by atoms with Crippen molar-refractivity contribution in [3.8, 4) is 17.5 Å². The first-order valence-corrected chi connectivity index (χ1v) is 10.0. The van der Waals surface area contributed by atoms with Crippen LogP contribution in [0, 0.1) is 28.7 Å². The second-order valence-corrected chi connectivity index (χ2v) is 7.74. The van der Waals surface area contributed by atoms with Gasteiger partial charge in [-0.1, -0.05) is 6.07 Å². The van der Waals surface area contributed by atoms with E-state index in [1.807, 2.05) is 44.2 Å².